The molecule has 0 aliphatic rings. The van der Waals surface area contributed by atoms with Gasteiger partial charge in [-0.2, -0.15) is 0 Å². The molecule has 0 aromatic heterocycles. The van der Waals surface area contributed by atoms with Crippen LogP contribution < -0.4 is 10.1 Å². The number of benzene rings is 2. The third-order valence-electron chi connectivity index (χ3n) is 3.48. The molecule has 0 fully saturated rings. The van der Waals surface area contributed by atoms with Crippen LogP contribution in [-0.2, 0) is 4.79 Å². The summed E-state index contributed by atoms with van der Waals surface area (Å²) in [5, 5.41) is 3.61. The maximum Gasteiger partial charge on any atom is 0.224 e. The Bertz CT molecular complexity index is 750. The number of aryl methyl sites for hydroxylation is 1. The zero-order valence-corrected chi connectivity index (χ0v) is 17.4. The molecule has 0 radical (unpaired) electrons. The van der Waals surface area contributed by atoms with Gasteiger partial charge in [0.05, 0.1) is 11.1 Å². The van der Waals surface area contributed by atoms with Gasteiger partial charge in [-0.3, -0.25) is 4.79 Å². The number of anilines is 1. The van der Waals surface area contributed by atoms with E-state index in [-0.39, 0.29) is 5.91 Å². The van der Waals surface area contributed by atoms with Crippen molar-refractivity contribution in [3.05, 3.63) is 55.4 Å². The minimum Gasteiger partial charge on any atom is -0.492 e. The van der Waals surface area contributed by atoms with Gasteiger partial charge in [0.15, 0.2) is 0 Å². The first kappa shape index (κ1) is 19.3. The SMILES string of the molecule is Cc1cc(OCCCC(=O)Nc2cccc(Br)c2)c(Br)c(C)c1Cl. The molecule has 1 N–H and O–H groups in total. The number of ether oxygens (including phenoxy) is 1. The fourth-order valence-electron chi connectivity index (χ4n) is 2.21. The summed E-state index contributed by atoms with van der Waals surface area (Å²) in [5.74, 6) is 0.723. The summed E-state index contributed by atoms with van der Waals surface area (Å²) >= 11 is 13.1. The second kappa shape index (κ2) is 8.88. The molecule has 0 saturated carbocycles. The smallest absolute Gasteiger partial charge is 0.224 e. The fourth-order valence-corrected chi connectivity index (χ4v) is 3.30. The van der Waals surface area contributed by atoms with Gasteiger partial charge in [0.1, 0.15) is 5.75 Å². The maximum absolute atomic E-state index is 11.9. The maximum atomic E-state index is 11.9. The van der Waals surface area contributed by atoms with Crippen LogP contribution in [0, 0.1) is 13.8 Å². The van der Waals surface area contributed by atoms with E-state index in [1.807, 2.05) is 44.2 Å². The molecular weight excluding hydrogens is 457 g/mol. The Morgan fingerprint density at radius 3 is 2.71 bits per heavy atom. The van der Waals surface area contributed by atoms with E-state index in [2.05, 4.69) is 37.2 Å². The first-order chi connectivity index (χ1) is 11.4. The van der Waals surface area contributed by atoms with Crippen LogP contribution in [0.25, 0.3) is 0 Å². The Morgan fingerprint density at radius 2 is 2.00 bits per heavy atom. The molecule has 0 bridgehead atoms. The molecule has 6 heteroatoms. The van der Waals surface area contributed by atoms with Crippen LogP contribution in [0.1, 0.15) is 24.0 Å². The summed E-state index contributed by atoms with van der Waals surface area (Å²) in [7, 11) is 0. The minimum absolute atomic E-state index is 0.0285. The van der Waals surface area contributed by atoms with Crippen molar-refractivity contribution in [2.45, 2.75) is 26.7 Å². The molecule has 2 rings (SSSR count). The lowest BCUT2D eigenvalue weighted by Crippen LogP contribution is -2.12. The lowest BCUT2D eigenvalue weighted by Gasteiger charge is -2.13. The zero-order valence-electron chi connectivity index (χ0n) is 13.5. The molecular formula is C18H18Br2ClNO2. The zero-order chi connectivity index (χ0) is 17.7. The summed E-state index contributed by atoms with van der Waals surface area (Å²) in [5.41, 5.74) is 2.71. The molecule has 2 aromatic carbocycles. The largest absolute Gasteiger partial charge is 0.492 e. The Kier molecular flexibility index (Phi) is 7.14. The second-order valence-corrected chi connectivity index (χ2v) is 7.54. The highest BCUT2D eigenvalue weighted by molar-refractivity contribution is 9.10. The third kappa shape index (κ3) is 5.23. The van der Waals surface area contributed by atoms with E-state index in [9.17, 15) is 4.79 Å². The molecule has 0 aliphatic carbocycles. The van der Waals surface area contributed by atoms with Crippen LogP contribution in [-0.4, -0.2) is 12.5 Å². The normalized spacial score (nSPS) is 10.5. The predicted octanol–water partition coefficient (Wildman–Crippen LogP) is 6.28. The molecule has 0 heterocycles. The van der Waals surface area contributed by atoms with E-state index >= 15 is 0 Å². The Balaban J connectivity index is 1.82. The van der Waals surface area contributed by atoms with Crippen LogP contribution in [0.2, 0.25) is 5.02 Å². The first-order valence-corrected chi connectivity index (χ1v) is 9.48. The van der Waals surface area contributed by atoms with E-state index in [4.69, 9.17) is 16.3 Å². The van der Waals surface area contributed by atoms with Crippen molar-refractivity contribution in [3.8, 4) is 5.75 Å². The topological polar surface area (TPSA) is 38.3 Å². The first-order valence-electron chi connectivity index (χ1n) is 7.52. The highest BCUT2D eigenvalue weighted by Gasteiger charge is 2.11. The average Bonchev–Trinajstić information content (AvgIpc) is 2.54. The highest BCUT2D eigenvalue weighted by Crippen LogP contribution is 2.35. The van der Waals surface area contributed by atoms with Crippen molar-refractivity contribution in [1.29, 1.82) is 0 Å². The molecule has 0 unspecified atom stereocenters. The molecule has 0 atom stereocenters. The average molecular weight is 476 g/mol. The van der Waals surface area contributed by atoms with Gasteiger partial charge in [0.25, 0.3) is 0 Å². The predicted molar refractivity (Wildman–Crippen MR) is 106 cm³/mol. The lowest BCUT2D eigenvalue weighted by atomic mass is 10.1. The van der Waals surface area contributed by atoms with Crippen LogP contribution in [0.5, 0.6) is 5.75 Å². The summed E-state index contributed by atoms with van der Waals surface area (Å²) in [4.78, 5) is 11.9. The van der Waals surface area contributed by atoms with E-state index < -0.39 is 0 Å². The lowest BCUT2D eigenvalue weighted by molar-refractivity contribution is -0.116. The Morgan fingerprint density at radius 1 is 1.25 bits per heavy atom. The van der Waals surface area contributed by atoms with Crippen LogP contribution >= 0.6 is 43.5 Å². The minimum atomic E-state index is -0.0285. The molecule has 24 heavy (non-hydrogen) atoms. The monoisotopic (exact) mass is 473 g/mol. The van der Waals surface area contributed by atoms with E-state index in [0.29, 0.717) is 19.4 Å². The van der Waals surface area contributed by atoms with Gasteiger partial charge in [-0.15, -0.1) is 0 Å². The van der Waals surface area contributed by atoms with Crippen molar-refractivity contribution >= 4 is 55.1 Å². The van der Waals surface area contributed by atoms with Crippen molar-refractivity contribution in [2.75, 3.05) is 11.9 Å². The van der Waals surface area contributed by atoms with E-state index in [0.717, 1.165) is 36.5 Å². The summed E-state index contributed by atoms with van der Waals surface area (Å²) in [6.45, 7) is 4.35. The van der Waals surface area contributed by atoms with Gasteiger partial charge < -0.3 is 10.1 Å². The molecule has 128 valence electrons. The summed E-state index contributed by atoms with van der Waals surface area (Å²) < 4.78 is 7.57. The number of hydrogen-bond donors (Lipinski definition) is 1. The number of hydrogen-bond acceptors (Lipinski definition) is 2. The van der Waals surface area contributed by atoms with Crippen molar-refractivity contribution in [1.82, 2.24) is 0 Å². The van der Waals surface area contributed by atoms with Gasteiger partial charge in [0.2, 0.25) is 5.91 Å². The molecule has 2 aromatic rings. The molecule has 0 spiro atoms. The molecule has 1 amide bonds. The number of nitrogens with one attached hydrogen (secondary N) is 1. The molecule has 0 saturated heterocycles. The Hall–Kier alpha value is -1.04. The third-order valence-corrected chi connectivity index (χ3v) is 5.54. The summed E-state index contributed by atoms with van der Waals surface area (Å²) in [6, 6.07) is 9.42. The highest BCUT2D eigenvalue weighted by atomic mass is 79.9. The molecule has 0 aliphatic heterocycles. The van der Waals surface area contributed by atoms with Crippen LogP contribution in [0.4, 0.5) is 5.69 Å². The number of rotatable bonds is 6. The van der Waals surface area contributed by atoms with Crippen LogP contribution in [0.15, 0.2) is 39.3 Å². The van der Waals surface area contributed by atoms with Crippen LogP contribution in [0.3, 0.4) is 0 Å². The van der Waals surface area contributed by atoms with Gasteiger partial charge >= 0.3 is 0 Å². The van der Waals surface area contributed by atoms with Gasteiger partial charge in [-0.1, -0.05) is 33.6 Å². The number of amides is 1. The number of halogens is 3. The Labute approximate surface area is 164 Å². The van der Waals surface area contributed by atoms with E-state index in [1.54, 1.807) is 0 Å². The van der Waals surface area contributed by atoms with Gasteiger partial charge in [-0.25, -0.2) is 0 Å². The van der Waals surface area contributed by atoms with E-state index in [1.165, 1.54) is 0 Å². The standard InChI is InChI=1S/C18H18Br2ClNO2/c1-11-9-15(17(20)12(2)18(11)21)24-8-4-7-16(23)22-14-6-3-5-13(19)10-14/h3,5-6,9-10H,4,7-8H2,1-2H3,(H,22,23). The molecule has 3 nitrogen and oxygen atoms in total. The van der Waals surface area contributed by atoms with Gasteiger partial charge in [0, 0.05) is 21.6 Å². The fraction of sp³-hybridized carbons (Fsp3) is 0.278. The van der Waals surface area contributed by atoms with Crippen molar-refractivity contribution < 1.29 is 9.53 Å². The van der Waals surface area contributed by atoms with Crippen molar-refractivity contribution in [2.24, 2.45) is 0 Å². The quantitative estimate of drug-likeness (QED) is 0.500. The van der Waals surface area contributed by atoms with Crippen molar-refractivity contribution in [3.63, 3.8) is 0 Å². The summed E-state index contributed by atoms with van der Waals surface area (Å²) in [6.07, 6.45) is 1.03. The number of carbonyl (C=O) groups is 1. The van der Waals surface area contributed by atoms with Gasteiger partial charge in [-0.05, 0) is 71.6 Å². The second-order valence-electron chi connectivity index (χ2n) is 5.46. The number of carbonyl (C=O) groups excluding carboxylic acids is 1.